The molecule has 1 amide bonds. The van der Waals surface area contributed by atoms with Gasteiger partial charge in [0.2, 0.25) is 5.91 Å². The van der Waals surface area contributed by atoms with Gasteiger partial charge in [0, 0.05) is 30.1 Å². The van der Waals surface area contributed by atoms with E-state index in [1.807, 2.05) is 6.07 Å². The molecule has 1 fully saturated rings. The van der Waals surface area contributed by atoms with Crippen LogP contribution in [-0.4, -0.2) is 41.1 Å². The molecule has 4 nitrogen and oxygen atoms in total. The largest absolute Gasteiger partial charge is 0.493 e. The third-order valence-electron chi connectivity index (χ3n) is 5.79. The molecule has 4 heteroatoms. The van der Waals surface area contributed by atoms with Gasteiger partial charge in [-0.2, -0.15) is 0 Å². The highest BCUT2D eigenvalue weighted by molar-refractivity contribution is 5.79. The number of benzene rings is 1. The standard InChI is InChI=1S/C23H36N2O2/c1-6-7-11-25(19-15-22(2,3)24-23(4,5)16-19)21(26)14-17-8-9-20-18(13-17)10-12-27-20/h8-9,13,19,24H,6-7,10-12,14-16H2,1-5H3. The minimum absolute atomic E-state index is 0.0437. The van der Waals surface area contributed by atoms with Gasteiger partial charge >= 0.3 is 0 Å². The first-order valence-electron chi connectivity index (χ1n) is 10.5. The average Bonchev–Trinajstić information content (AvgIpc) is 3.00. The summed E-state index contributed by atoms with van der Waals surface area (Å²) in [6, 6.07) is 6.54. The second kappa shape index (κ2) is 7.83. The fourth-order valence-corrected chi connectivity index (χ4v) is 4.95. The molecule has 3 rings (SSSR count). The zero-order valence-electron chi connectivity index (χ0n) is 17.7. The van der Waals surface area contributed by atoms with Crippen LogP contribution < -0.4 is 10.1 Å². The SMILES string of the molecule is CCCCN(C(=O)Cc1ccc2c(c1)CCO2)C1CC(C)(C)NC(C)(C)C1. The molecule has 1 aromatic rings. The molecule has 2 aliphatic heterocycles. The van der Waals surface area contributed by atoms with Crippen molar-refractivity contribution in [2.45, 2.75) is 90.3 Å². The van der Waals surface area contributed by atoms with E-state index in [0.29, 0.717) is 12.5 Å². The van der Waals surface area contributed by atoms with Crippen molar-refractivity contribution in [3.05, 3.63) is 29.3 Å². The monoisotopic (exact) mass is 372 g/mol. The molecule has 0 aliphatic carbocycles. The molecule has 2 heterocycles. The van der Waals surface area contributed by atoms with Crippen LogP contribution in [0.5, 0.6) is 5.75 Å². The Morgan fingerprint density at radius 3 is 2.59 bits per heavy atom. The van der Waals surface area contributed by atoms with Crippen LogP contribution in [0, 0.1) is 0 Å². The van der Waals surface area contributed by atoms with Crippen molar-refractivity contribution in [2.24, 2.45) is 0 Å². The summed E-state index contributed by atoms with van der Waals surface area (Å²) < 4.78 is 5.60. The maximum Gasteiger partial charge on any atom is 0.227 e. The number of piperidine rings is 1. The lowest BCUT2D eigenvalue weighted by atomic mass is 9.79. The summed E-state index contributed by atoms with van der Waals surface area (Å²) in [7, 11) is 0. The zero-order valence-corrected chi connectivity index (χ0v) is 17.7. The molecule has 0 bridgehead atoms. The predicted molar refractivity (Wildman–Crippen MR) is 110 cm³/mol. The van der Waals surface area contributed by atoms with Crippen LogP contribution in [-0.2, 0) is 17.6 Å². The third-order valence-corrected chi connectivity index (χ3v) is 5.79. The Morgan fingerprint density at radius 2 is 1.93 bits per heavy atom. The maximum atomic E-state index is 13.3. The average molecular weight is 373 g/mol. The van der Waals surface area contributed by atoms with Gasteiger partial charge in [0.25, 0.3) is 0 Å². The molecule has 1 aromatic carbocycles. The Labute approximate surface area is 164 Å². The van der Waals surface area contributed by atoms with Crippen LogP contribution in [0.2, 0.25) is 0 Å². The van der Waals surface area contributed by atoms with E-state index < -0.39 is 0 Å². The van der Waals surface area contributed by atoms with Crippen molar-refractivity contribution < 1.29 is 9.53 Å². The summed E-state index contributed by atoms with van der Waals surface area (Å²) >= 11 is 0. The van der Waals surface area contributed by atoms with Crippen molar-refractivity contribution in [1.29, 1.82) is 0 Å². The first-order chi connectivity index (χ1) is 12.7. The normalized spacial score (nSPS) is 20.8. The molecule has 150 valence electrons. The summed E-state index contributed by atoms with van der Waals surface area (Å²) in [4.78, 5) is 15.5. The van der Waals surface area contributed by atoms with E-state index in [1.54, 1.807) is 0 Å². The number of rotatable bonds is 6. The number of nitrogens with zero attached hydrogens (tertiary/aromatic N) is 1. The van der Waals surface area contributed by atoms with E-state index in [4.69, 9.17) is 4.74 Å². The fourth-order valence-electron chi connectivity index (χ4n) is 4.95. The maximum absolute atomic E-state index is 13.3. The van der Waals surface area contributed by atoms with Gasteiger partial charge in [-0.05, 0) is 64.2 Å². The Balaban J connectivity index is 1.76. The van der Waals surface area contributed by atoms with Crippen LogP contribution >= 0.6 is 0 Å². The van der Waals surface area contributed by atoms with Crippen molar-refractivity contribution in [1.82, 2.24) is 10.2 Å². The molecule has 27 heavy (non-hydrogen) atoms. The quantitative estimate of drug-likeness (QED) is 0.817. The zero-order chi connectivity index (χ0) is 19.7. The summed E-state index contributed by atoms with van der Waals surface area (Å²) in [6.07, 6.45) is 5.62. The molecular formula is C23H36N2O2. The van der Waals surface area contributed by atoms with E-state index in [9.17, 15) is 4.79 Å². The minimum Gasteiger partial charge on any atom is -0.493 e. The van der Waals surface area contributed by atoms with Crippen LogP contribution in [0.25, 0.3) is 0 Å². The molecule has 1 saturated heterocycles. The van der Waals surface area contributed by atoms with E-state index >= 15 is 0 Å². The number of carbonyl (C=O) groups is 1. The van der Waals surface area contributed by atoms with E-state index in [-0.39, 0.29) is 17.0 Å². The van der Waals surface area contributed by atoms with Crippen molar-refractivity contribution in [2.75, 3.05) is 13.2 Å². The molecule has 0 saturated carbocycles. The van der Waals surface area contributed by atoms with Gasteiger partial charge in [-0.15, -0.1) is 0 Å². The number of hydrogen-bond donors (Lipinski definition) is 1. The number of nitrogens with one attached hydrogen (secondary N) is 1. The molecule has 0 atom stereocenters. The highest BCUT2D eigenvalue weighted by atomic mass is 16.5. The summed E-state index contributed by atoms with van der Waals surface area (Å²) in [6.45, 7) is 12.8. The van der Waals surface area contributed by atoms with E-state index in [1.165, 1.54) is 5.56 Å². The molecule has 0 spiro atoms. The van der Waals surface area contributed by atoms with Crippen LogP contribution in [0.1, 0.15) is 71.4 Å². The summed E-state index contributed by atoms with van der Waals surface area (Å²) in [5.74, 6) is 1.25. The van der Waals surface area contributed by atoms with Gasteiger partial charge in [-0.25, -0.2) is 0 Å². The van der Waals surface area contributed by atoms with Crippen molar-refractivity contribution >= 4 is 5.91 Å². The predicted octanol–water partition coefficient (Wildman–Crippen LogP) is 4.10. The Hall–Kier alpha value is -1.55. The molecule has 0 unspecified atom stereocenters. The fraction of sp³-hybridized carbons (Fsp3) is 0.696. The van der Waals surface area contributed by atoms with E-state index in [0.717, 1.165) is 56.6 Å². The highest BCUT2D eigenvalue weighted by Gasteiger charge is 2.40. The molecule has 0 radical (unpaired) electrons. The smallest absolute Gasteiger partial charge is 0.227 e. The van der Waals surface area contributed by atoms with E-state index in [2.05, 4.69) is 57.0 Å². The highest BCUT2D eigenvalue weighted by Crippen LogP contribution is 2.32. The van der Waals surface area contributed by atoms with Gasteiger partial charge in [0.05, 0.1) is 13.0 Å². The Bertz CT molecular complexity index is 665. The summed E-state index contributed by atoms with van der Waals surface area (Å²) in [5, 5.41) is 3.74. The number of carbonyl (C=O) groups excluding carboxylic acids is 1. The van der Waals surface area contributed by atoms with Crippen molar-refractivity contribution in [3.8, 4) is 5.75 Å². The number of ether oxygens (including phenoxy) is 1. The lowest BCUT2D eigenvalue weighted by Crippen LogP contribution is -2.63. The minimum atomic E-state index is 0.0437. The number of unbranched alkanes of at least 4 members (excludes halogenated alkanes) is 1. The number of hydrogen-bond acceptors (Lipinski definition) is 3. The molecule has 1 N–H and O–H groups in total. The van der Waals surface area contributed by atoms with Gasteiger partial charge in [0.15, 0.2) is 0 Å². The van der Waals surface area contributed by atoms with Gasteiger partial charge < -0.3 is 15.0 Å². The Morgan fingerprint density at radius 1 is 1.22 bits per heavy atom. The topological polar surface area (TPSA) is 41.6 Å². The van der Waals surface area contributed by atoms with Crippen LogP contribution in [0.3, 0.4) is 0 Å². The van der Waals surface area contributed by atoms with Gasteiger partial charge in [-0.3, -0.25) is 4.79 Å². The lowest BCUT2D eigenvalue weighted by Gasteiger charge is -2.49. The summed E-state index contributed by atoms with van der Waals surface area (Å²) in [5.41, 5.74) is 2.44. The molecule has 2 aliphatic rings. The second-order valence-corrected chi connectivity index (χ2v) is 9.61. The lowest BCUT2D eigenvalue weighted by molar-refractivity contribution is -0.134. The molecule has 0 aromatic heterocycles. The van der Waals surface area contributed by atoms with Crippen LogP contribution in [0.15, 0.2) is 18.2 Å². The second-order valence-electron chi connectivity index (χ2n) is 9.61. The molecular weight excluding hydrogens is 336 g/mol. The van der Waals surface area contributed by atoms with Crippen LogP contribution in [0.4, 0.5) is 0 Å². The Kier molecular flexibility index (Phi) is 5.85. The van der Waals surface area contributed by atoms with Gasteiger partial charge in [-0.1, -0.05) is 25.5 Å². The number of fused-ring (bicyclic) bond motifs is 1. The van der Waals surface area contributed by atoms with Gasteiger partial charge in [0.1, 0.15) is 5.75 Å². The first kappa shape index (κ1) is 20.2. The first-order valence-corrected chi connectivity index (χ1v) is 10.5. The number of amides is 1. The third kappa shape index (κ3) is 5.04. The van der Waals surface area contributed by atoms with Crippen molar-refractivity contribution in [3.63, 3.8) is 0 Å².